The molecular weight excluding hydrogens is 252 g/mol. The summed E-state index contributed by atoms with van der Waals surface area (Å²) in [5.74, 6) is 2.12. The van der Waals surface area contributed by atoms with Crippen molar-refractivity contribution in [3.05, 3.63) is 11.9 Å². The number of aliphatic hydroxyl groups is 1. The number of hydrogen-bond donors (Lipinski definition) is 1. The van der Waals surface area contributed by atoms with Gasteiger partial charge in [0.15, 0.2) is 5.75 Å². The molecule has 1 aliphatic carbocycles. The van der Waals surface area contributed by atoms with Gasteiger partial charge in [-0.3, -0.25) is 4.68 Å². The van der Waals surface area contributed by atoms with E-state index in [9.17, 15) is 5.11 Å². The summed E-state index contributed by atoms with van der Waals surface area (Å²) in [6.45, 7) is 8.71. The molecular formula is C16H28N2O2. The number of aromatic nitrogens is 2. The molecule has 0 spiro atoms. The SMILES string of the molecule is COc1cnn(C(C)C)c1C1(O)CCC(C(C)C)CC1. The molecule has 4 nitrogen and oxygen atoms in total. The number of methoxy groups -OCH3 is 1. The molecule has 1 fully saturated rings. The van der Waals surface area contributed by atoms with Gasteiger partial charge in [0.25, 0.3) is 0 Å². The first-order valence-corrected chi connectivity index (χ1v) is 7.73. The van der Waals surface area contributed by atoms with E-state index in [1.807, 2.05) is 4.68 Å². The van der Waals surface area contributed by atoms with Crippen LogP contribution in [0.15, 0.2) is 6.20 Å². The zero-order valence-electron chi connectivity index (χ0n) is 13.4. The van der Waals surface area contributed by atoms with Crippen molar-refractivity contribution in [3.63, 3.8) is 0 Å². The van der Waals surface area contributed by atoms with Gasteiger partial charge in [-0.1, -0.05) is 13.8 Å². The average molecular weight is 280 g/mol. The van der Waals surface area contributed by atoms with Crippen LogP contribution < -0.4 is 4.74 Å². The Kier molecular flexibility index (Phi) is 4.43. The first-order chi connectivity index (χ1) is 9.39. The Labute approximate surface area is 122 Å². The third-order valence-electron chi connectivity index (χ3n) is 4.71. The Morgan fingerprint density at radius 1 is 1.30 bits per heavy atom. The van der Waals surface area contributed by atoms with Gasteiger partial charge in [-0.15, -0.1) is 0 Å². The van der Waals surface area contributed by atoms with Gasteiger partial charge in [-0.2, -0.15) is 5.10 Å². The molecule has 1 aromatic heterocycles. The fourth-order valence-electron chi connectivity index (χ4n) is 3.35. The van der Waals surface area contributed by atoms with Crippen molar-refractivity contribution in [2.24, 2.45) is 11.8 Å². The quantitative estimate of drug-likeness (QED) is 0.918. The lowest BCUT2D eigenvalue weighted by Crippen LogP contribution is -2.35. The Hall–Kier alpha value is -1.03. The van der Waals surface area contributed by atoms with Gasteiger partial charge >= 0.3 is 0 Å². The molecule has 0 aromatic carbocycles. The Balaban J connectivity index is 2.29. The topological polar surface area (TPSA) is 47.3 Å². The molecule has 1 heterocycles. The zero-order chi connectivity index (χ0) is 14.9. The highest BCUT2D eigenvalue weighted by Crippen LogP contribution is 2.45. The number of rotatable bonds is 4. The lowest BCUT2D eigenvalue weighted by molar-refractivity contribution is -0.0296. The van der Waals surface area contributed by atoms with Crippen LogP contribution in [0.5, 0.6) is 5.75 Å². The largest absolute Gasteiger partial charge is 0.493 e. The fourth-order valence-corrected chi connectivity index (χ4v) is 3.35. The maximum Gasteiger partial charge on any atom is 0.162 e. The molecule has 0 unspecified atom stereocenters. The van der Waals surface area contributed by atoms with Crippen molar-refractivity contribution in [2.75, 3.05) is 7.11 Å². The molecule has 1 saturated carbocycles. The van der Waals surface area contributed by atoms with Crippen LogP contribution in [0.3, 0.4) is 0 Å². The first-order valence-electron chi connectivity index (χ1n) is 7.73. The molecule has 114 valence electrons. The van der Waals surface area contributed by atoms with Crippen LogP contribution in [0.4, 0.5) is 0 Å². The third-order valence-corrected chi connectivity index (χ3v) is 4.71. The van der Waals surface area contributed by atoms with Crippen molar-refractivity contribution >= 4 is 0 Å². The first kappa shape index (κ1) is 15.4. The molecule has 1 aromatic rings. The zero-order valence-corrected chi connectivity index (χ0v) is 13.4. The van der Waals surface area contributed by atoms with E-state index in [-0.39, 0.29) is 6.04 Å². The normalized spacial score (nSPS) is 27.3. The smallest absolute Gasteiger partial charge is 0.162 e. The van der Waals surface area contributed by atoms with E-state index >= 15 is 0 Å². The van der Waals surface area contributed by atoms with Crippen molar-refractivity contribution in [2.45, 2.75) is 65.0 Å². The van der Waals surface area contributed by atoms with Crippen molar-refractivity contribution in [3.8, 4) is 5.75 Å². The van der Waals surface area contributed by atoms with Gasteiger partial charge in [0.1, 0.15) is 11.3 Å². The van der Waals surface area contributed by atoms with E-state index in [1.54, 1.807) is 13.3 Å². The molecule has 0 radical (unpaired) electrons. The fraction of sp³-hybridized carbons (Fsp3) is 0.812. The number of nitrogens with zero attached hydrogens (tertiary/aromatic N) is 2. The highest BCUT2D eigenvalue weighted by Gasteiger charge is 2.40. The van der Waals surface area contributed by atoms with Gasteiger partial charge in [-0.25, -0.2) is 0 Å². The highest BCUT2D eigenvalue weighted by atomic mass is 16.5. The second kappa shape index (κ2) is 5.76. The Morgan fingerprint density at radius 2 is 1.90 bits per heavy atom. The Morgan fingerprint density at radius 3 is 2.35 bits per heavy atom. The highest BCUT2D eigenvalue weighted by molar-refractivity contribution is 5.31. The summed E-state index contributed by atoms with van der Waals surface area (Å²) in [5.41, 5.74) is 0.0644. The molecule has 20 heavy (non-hydrogen) atoms. The lowest BCUT2D eigenvalue weighted by Gasteiger charge is -2.38. The lowest BCUT2D eigenvalue weighted by atomic mass is 9.73. The van der Waals surface area contributed by atoms with Gasteiger partial charge in [0, 0.05) is 6.04 Å². The summed E-state index contributed by atoms with van der Waals surface area (Å²) < 4.78 is 7.34. The molecule has 2 rings (SSSR count). The molecule has 0 aliphatic heterocycles. The number of ether oxygens (including phenoxy) is 1. The molecule has 1 N–H and O–H groups in total. The summed E-state index contributed by atoms with van der Waals surface area (Å²) in [4.78, 5) is 0. The van der Waals surface area contributed by atoms with Crippen LogP contribution in [-0.4, -0.2) is 22.0 Å². The Bertz CT molecular complexity index is 443. The van der Waals surface area contributed by atoms with E-state index < -0.39 is 5.60 Å². The predicted molar refractivity (Wildman–Crippen MR) is 79.9 cm³/mol. The second-order valence-corrected chi connectivity index (χ2v) is 6.71. The molecule has 0 saturated heterocycles. The minimum absolute atomic E-state index is 0.223. The van der Waals surface area contributed by atoms with E-state index in [1.165, 1.54) is 0 Å². The average Bonchev–Trinajstić information content (AvgIpc) is 2.84. The molecule has 0 bridgehead atoms. The van der Waals surface area contributed by atoms with Crippen molar-refractivity contribution < 1.29 is 9.84 Å². The van der Waals surface area contributed by atoms with Crippen LogP contribution in [0, 0.1) is 11.8 Å². The maximum atomic E-state index is 11.1. The van der Waals surface area contributed by atoms with E-state index in [2.05, 4.69) is 32.8 Å². The third kappa shape index (κ3) is 2.71. The standard InChI is InChI=1S/C16H28N2O2/c1-11(2)13-6-8-16(19,9-7-13)15-14(20-5)10-17-18(15)12(3)4/h10-13,19H,6-9H2,1-5H3. The van der Waals surface area contributed by atoms with Gasteiger partial charge in [0.05, 0.1) is 13.3 Å². The molecule has 4 heteroatoms. The van der Waals surface area contributed by atoms with Gasteiger partial charge < -0.3 is 9.84 Å². The van der Waals surface area contributed by atoms with Crippen LogP contribution in [0.1, 0.15) is 65.1 Å². The summed E-state index contributed by atoms with van der Waals surface area (Å²) >= 11 is 0. The summed E-state index contributed by atoms with van der Waals surface area (Å²) in [5, 5.41) is 15.5. The van der Waals surface area contributed by atoms with Crippen LogP contribution in [-0.2, 0) is 5.60 Å². The summed E-state index contributed by atoms with van der Waals surface area (Å²) in [6, 6.07) is 0.223. The predicted octanol–water partition coefficient (Wildman–Crippen LogP) is 3.51. The maximum absolute atomic E-state index is 11.1. The second-order valence-electron chi connectivity index (χ2n) is 6.71. The van der Waals surface area contributed by atoms with Crippen molar-refractivity contribution in [1.82, 2.24) is 9.78 Å². The summed E-state index contributed by atoms with van der Waals surface area (Å²) in [7, 11) is 1.65. The van der Waals surface area contributed by atoms with Gasteiger partial charge in [0.2, 0.25) is 0 Å². The van der Waals surface area contributed by atoms with Crippen molar-refractivity contribution in [1.29, 1.82) is 0 Å². The van der Waals surface area contributed by atoms with Crippen LogP contribution in [0.25, 0.3) is 0 Å². The molecule has 0 amide bonds. The van der Waals surface area contributed by atoms with E-state index in [0.29, 0.717) is 11.7 Å². The molecule has 0 atom stereocenters. The minimum atomic E-state index is -0.794. The van der Waals surface area contributed by atoms with E-state index in [4.69, 9.17) is 4.74 Å². The molecule has 1 aliphatic rings. The van der Waals surface area contributed by atoms with Gasteiger partial charge in [-0.05, 0) is 51.4 Å². The van der Waals surface area contributed by atoms with Crippen LogP contribution in [0.2, 0.25) is 0 Å². The number of hydrogen-bond acceptors (Lipinski definition) is 3. The monoisotopic (exact) mass is 280 g/mol. The minimum Gasteiger partial charge on any atom is -0.493 e. The van der Waals surface area contributed by atoms with E-state index in [0.717, 1.165) is 37.3 Å². The summed E-state index contributed by atoms with van der Waals surface area (Å²) in [6.07, 6.45) is 5.46. The van der Waals surface area contributed by atoms with Crippen LogP contribution >= 0.6 is 0 Å².